The lowest BCUT2D eigenvalue weighted by Crippen LogP contribution is -2.08. The van der Waals surface area contributed by atoms with Crippen molar-refractivity contribution in [2.45, 2.75) is 13.5 Å². The molecule has 0 aliphatic heterocycles. The maximum Gasteiger partial charge on any atom is 0.331 e. The fraction of sp³-hybridized carbons (Fsp3) is 0.143. The van der Waals surface area contributed by atoms with Crippen molar-refractivity contribution in [2.75, 3.05) is 0 Å². The first-order chi connectivity index (χ1) is 8.59. The molecule has 1 heterocycles. The molecule has 4 nitrogen and oxygen atoms in total. The molecule has 0 unspecified atom stereocenters. The predicted octanol–water partition coefficient (Wildman–Crippen LogP) is 2.03. The third-order valence-electron chi connectivity index (χ3n) is 2.82. The molecular formula is C14H13NO3. The van der Waals surface area contributed by atoms with E-state index in [1.54, 1.807) is 25.3 Å². The Morgan fingerprint density at radius 1 is 1.33 bits per heavy atom. The van der Waals surface area contributed by atoms with Gasteiger partial charge in [-0.15, -0.1) is 0 Å². The molecule has 1 aromatic heterocycles. The number of hydrogen-bond donors (Lipinski definition) is 1. The van der Waals surface area contributed by atoms with Crippen LogP contribution in [0.3, 0.4) is 0 Å². The highest BCUT2D eigenvalue weighted by atomic mass is 16.4. The highest BCUT2D eigenvalue weighted by Crippen LogP contribution is 2.09. The Hall–Kier alpha value is -2.36. The van der Waals surface area contributed by atoms with Crippen LogP contribution in [0, 0.1) is 0 Å². The normalized spacial score (nSPS) is 11.7. The molecule has 0 radical (unpaired) electrons. The number of carboxylic acids is 1. The molecule has 2 rings (SSSR count). The van der Waals surface area contributed by atoms with Crippen LogP contribution < -0.4 is 5.43 Å². The molecule has 1 aromatic carbocycles. The molecule has 1 N–H and O–H groups in total. The van der Waals surface area contributed by atoms with Gasteiger partial charge in [0.25, 0.3) is 0 Å². The highest BCUT2D eigenvalue weighted by Gasteiger charge is 2.02. The van der Waals surface area contributed by atoms with Crippen LogP contribution >= 0.6 is 0 Å². The van der Waals surface area contributed by atoms with Gasteiger partial charge < -0.3 is 9.67 Å². The number of carbonyl (C=O) groups is 1. The lowest BCUT2D eigenvalue weighted by atomic mass is 10.2. The number of hydrogen-bond acceptors (Lipinski definition) is 2. The average Bonchev–Trinajstić information content (AvgIpc) is 2.38. The number of benzene rings is 1. The van der Waals surface area contributed by atoms with Gasteiger partial charge in [-0.05, 0) is 19.1 Å². The SMILES string of the molecule is CC(=CCn1ccc(=O)c2ccccc21)C(=O)O. The van der Waals surface area contributed by atoms with E-state index in [0.29, 0.717) is 11.9 Å². The Balaban J connectivity index is 2.47. The first kappa shape index (κ1) is 12.1. The minimum absolute atomic E-state index is 0.0270. The number of nitrogens with zero attached hydrogens (tertiary/aromatic N) is 1. The minimum Gasteiger partial charge on any atom is -0.478 e. The van der Waals surface area contributed by atoms with Crippen molar-refractivity contribution in [3.8, 4) is 0 Å². The van der Waals surface area contributed by atoms with Crippen molar-refractivity contribution in [1.29, 1.82) is 0 Å². The van der Waals surface area contributed by atoms with Crippen molar-refractivity contribution >= 4 is 16.9 Å². The van der Waals surface area contributed by atoms with Crippen LogP contribution in [-0.2, 0) is 11.3 Å². The van der Waals surface area contributed by atoms with Gasteiger partial charge in [-0.25, -0.2) is 4.79 Å². The van der Waals surface area contributed by atoms with E-state index in [-0.39, 0.29) is 11.0 Å². The smallest absolute Gasteiger partial charge is 0.331 e. The van der Waals surface area contributed by atoms with E-state index in [2.05, 4.69) is 0 Å². The number of aliphatic carboxylic acids is 1. The second-order valence-electron chi connectivity index (χ2n) is 4.04. The number of pyridine rings is 1. The molecule has 0 fully saturated rings. The molecule has 0 aliphatic rings. The van der Waals surface area contributed by atoms with Crippen molar-refractivity contribution < 1.29 is 9.90 Å². The van der Waals surface area contributed by atoms with E-state index in [9.17, 15) is 9.59 Å². The topological polar surface area (TPSA) is 59.3 Å². The molecule has 4 heteroatoms. The Morgan fingerprint density at radius 3 is 2.78 bits per heavy atom. The van der Waals surface area contributed by atoms with Gasteiger partial charge in [0.05, 0.1) is 5.52 Å². The Morgan fingerprint density at radius 2 is 2.06 bits per heavy atom. The molecular weight excluding hydrogens is 230 g/mol. The van der Waals surface area contributed by atoms with Gasteiger partial charge in [0.1, 0.15) is 0 Å². The van der Waals surface area contributed by atoms with Crippen LogP contribution in [0.4, 0.5) is 0 Å². The molecule has 0 aliphatic carbocycles. The van der Waals surface area contributed by atoms with E-state index in [0.717, 1.165) is 5.52 Å². The summed E-state index contributed by atoms with van der Waals surface area (Å²) in [6.45, 7) is 1.98. The quantitative estimate of drug-likeness (QED) is 0.839. The van der Waals surface area contributed by atoms with E-state index in [1.807, 2.05) is 22.8 Å². The summed E-state index contributed by atoms with van der Waals surface area (Å²) >= 11 is 0. The fourth-order valence-electron chi connectivity index (χ4n) is 1.74. The minimum atomic E-state index is -0.930. The lowest BCUT2D eigenvalue weighted by molar-refractivity contribution is -0.132. The van der Waals surface area contributed by atoms with Crippen LogP contribution in [-0.4, -0.2) is 15.6 Å². The van der Waals surface area contributed by atoms with Crippen LogP contribution in [0.2, 0.25) is 0 Å². The second-order valence-corrected chi connectivity index (χ2v) is 4.04. The summed E-state index contributed by atoms with van der Waals surface area (Å²) in [6.07, 6.45) is 3.30. The Labute approximate surface area is 104 Å². The van der Waals surface area contributed by atoms with Crippen molar-refractivity contribution in [2.24, 2.45) is 0 Å². The van der Waals surface area contributed by atoms with Gasteiger partial charge in [0.2, 0.25) is 0 Å². The van der Waals surface area contributed by atoms with Gasteiger partial charge in [-0.2, -0.15) is 0 Å². The number of rotatable bonds is 3. The highest BCUT2D eigenvalue weighted by molar-refractivity contribution is 5.85. The van der Waals surface area contributed by atoms with Crippen LogP contribution in [0.25, 0.3) is 10.9 Å². The summed E-state index contributed by atoms with van der Waals surface area (Å²) in [5.74, 6) is -0.930. The first-order valence-corrected chi connectivity index (χ1v) is 5.58. The van der Waals surface area contributed by atoms with Gasteiger partial charge in [-0.3, -0.25) is 4.79 Å². The van der Waals surface area contributed by atoms with Crippen LogP contribution in [0.1, 0.15) is 6.92 Å². The Bertz CT molecular complexity index is 683. The summed E-state index contributed by atoms with van der Waals surface area (Å²) in [6, 6.07) is 8.77. The molecule has 2 aromatic rings. The molecule has 92 valence electrons. The zero-order chi connectivity index (χ0) is 13.1. The number of aromatic nitrogens is 1. The summed E-state index contributed by atoms with van der Waals surface area (Å²) in [7, 11) is 0. The summed E-state index contributed by atoms with van der Waals surface area (Å²) in [4.78, 5) is 22.4. The molecule has 0 bridgehead atoms. The average molecular weight is 243 g/mol. The third kappa shape index (κ3) is 2.32. The van der Waals surface area contributed by atoms with Crippen molar-refractivity contribution in [3.63, 3.8) is 0 Å². The Kier molecular flexibility index (Phi) is 3.28. The molecule has 18 heavy (non-hydrogen) atoms. The third-order valence-corrected chi connectivity index (χ3v) is 2.82. The summed E-state index contributed by atoms with van der Waals surface area (Å²) in [5.41, 5.74) is 1.07. The molecule has 0 saturated heterocycles. The van der Waals surface area contributed by atoms with Crippen molar-refractivity contribution in [3.05, 3.63) is 58.4 Å². The zero-order valence-electron chi connectivity index (χ0n) is 9.96. The van der Waals surface area contributed by atoms with Crippen LogP contribution in [0.15, 0.2) is 53.0 Å². The second kappa shape index (κ2) is 4.87. The predicted molar refractivity (Wildman–Crippen MR) is 69.6 cm³/mol. The lowest BCUT2D eigenvalue weighted by Gasteiger charge is -2.08. The van der Waals surface area contributed by atoms with Gasteiger partial charge in [-0.1, -0.05) is 18.2 Å². The van der Waals surface area contributed by atoms with E-state index < -0.39 is 5.97 Å². The first-order valence-electron chi connectivity index (χ1n) is 5.58. The number of carboxylic acid groups (broad SMARTS) is 1. The largest absolute Gasteiger partial charge is 0.478 e. The van der Waals surface area contributed by atoms with Gasteiger partial charge >= 0.3 is 5.97 Å². The number of fused-ring (bicyclic) bond motifs is 1. The number of allylic oxidation sites excluding steroid dienone is 1. The summed E-state index contributed by atoms with van der Waals surface area (Å²) in [5, 5.41) is 9.43. The zero-order valence-corrected chi connectivity index (χ0v) is 9.96. The van der Waals surface area contributed by atoms with Gasteiger partial charge in [0, 0.05) is 29.8 Å². The fourth-order valence-corrected chi connectivity index (χ4v) is 1.74. The molecule has 0 atom stereocenters. The maximum atomic E-state index is 11.7. The number of para-hydroxylation sites is 1. The standard InChI is InChI=1S/C14H13NO3/c1-10(14(17)18)6-8-15-9-7-13(16)11-4-2-3-5-12(11)15/h2-7,9H,8H2,1H3,(H,17,18). The monoisotopic (exact) mass is 243 g/mol. The maximum absolute atomic E-state index is 11.7. The van der Waals surface area contributed by atoms with E-state index in [4.69, 9.17) is 5.11 Å². The molecule has 0 spiro atoms. The van der Waals surface area contributed by atoms with E-state index >= 15 is 0 Å². The van der Waals surface area contributed by atoms with Gasteiger partial charge in [0.15, 0.2) is 5.43 Å². The molecule has 0 saturated carbocycles. The van der Waals surface area contributed by atoms with E-state index in [1.165, 1.54) is 6.07 Å². The van der Waals surface area contributed by atoms with Crippen molar-refractivity contribution in [1.82, 2.24) is 4.57 Å². The molecule has 0 amide bonds. The van der Waals surface area contributed by atoms with Crippen LogP contribution in [0.5, 0.6) is 0 Å². The summed E-state index contributed by atoms with van der Waals surface area (Å²) < 4.78 is 1.85.